The molecule has 0 aliphatic carbocycles. The molecule has 0 saturated heterocycles. The van der Waals surface area contributed by atoms with Crippen molar-refractivity contribution in [3.05, 3.63) is 69.6 Å². The fourth-order valence-corrected chi connectivity index (χ4v) is 4.06. The fraction of sp³-hybridized carbons (Fsp3) is 0.211. The number of hydrogen-bond acceptors (Lipinski definition) is 5. The number of amides is 2. The van der Waals surface area contributed by atoms with E-state index >= 15 is 0 Å². The first-order valence-corrected chi connectivity index (χ1v) is 9.63. The van der Waals surface area contributed by atoms with E-state index in [9.17, 15) is 9.59 Å². The van der Waals surface area contributed by atoms with Gasteiger partial charge in [-0.2, -0.15) is 0 Å². The largest absolute Gasteiger partial charge is 0.459 e. The highest BCUT2D eigenvalue weighted by Gasteiger charge is 2.25. The lowest BCUT2D eigenvalue weighted by molar-refractivity contribution is -0.131. The van der Waals surface area contributed by atoms with Gasteiger partial charge >= 0.3 is 0 Å². The maximum atomic E-state index is 12.6. The fourth-order valence-electron chi connectivity index (χ4n) is 2.92. The summed E-state index contributed by atoms with van der Waals surface area (Å²) >= 11 is 7.28. The number of furan rings is 1. The second-order valence-electron chi connectivity index (χ2n) is 6.19. The Morgan fingerprint density at radius 2 is 2.07 bits per heavy atom. The molecule has 0 spiro atoms. The second-order valence-corrected chi connectivity index (χ2v) is 7.71. The minimum Gasteiger partial charge on any atom is -0.459 e. The summed E-state index contributed by atoms with van der Waals surface area (Å²) < 4.78 is 5.09. The van der Waals surface area contributed by atoms with Crippen LogP contribution in [-0.2, 0) is 24.2 Å². The quantitative estimate of drug-likeness (QED) is 0.722. The van der Waals surface area contributed by atoms with E-state index in [0.717, 1.165) is 16.1 Å². The van der Waals surface area contributed by atoms with E-state index in [1.165, 1.54) is 17.6 Å². The number of halogens is 1. The van der Waals surface area contributed by atoms with Gasteiger partial charge in [-0.1, -0.05) is 35.1 Å². The zero-order valence-electron chi connectivity index (χ0n) is 14.3. The highest BCUT2D eigenvalue weighted by molar-refractivity contribution is 7.15. The van der Waals surface area contributed by atoms with Gasteiger partial charge in [-0.3, -0.25) is 14.9 Å². The summed E-state index contributed by atoms with van der Waals surface area (Å²) in [4.78, 5) is 32.0. The Labute approximate surface area is 164 Å². The Hall–Kier alpha value is -2.64. The minimum atomic E-state index is -0.332. The van der Waals surface area contributed by atoms with Crippen molar-refractivity contribution in [2.75, 3.05) is 11.9 Å². The lowest BCUT2D eigenvalue weighted by atomic mass is 10.1. The molecule has 6 nitrogen and oxygen atoms in total. The lowest BCUT2D eigenvalue weighted by Gasteiger charge is -2.26. The monoisotopic (exact) mass is 401 g/mol. The molecule has 1 aliphatic heterocycles. The smallest absolute Gasteiger partial charge is 0.293 e. The van der Waals surface area contributed by atoms with E-state index in [1.807, 2.05) is 17.0 Å². The summed E-state index contributed by atoms with van der Waals surface area (Å²) in [6, 6.07) is 10.6. The molecule has 1 N–H and O–H groups in total. The van der Waals surface area contributed by atoms with Crippen LogP contribution in [0.4, 0.5) is 5.13 Å². The molecule has 0 unspecified atom stereocenters. The molecule has 2 aromatic heterocycles. The normalized spacial score (nSPS) is 13.3. The van der Waals surface area contributed by atoms with Crippen LogP contribution < -0.4 is 5.32 Å². The number of nitrogens with zero attached hydrogens (tertiary/aromatic N) is 2. The van der Waals surface area contributed by atoms with E-state index in [4.69, 9.17) is 16.0 Å². The third kappa shape index (κ3) is 4.04. The van der Waals surface area contributed by atoms with Gasteiger partial charge in [-0.25, -0.2) is 4.98 Å². The summed E-state index contributed by atoms with van der Waals surface area (Å²) in [7, 11) is 0. The molecule has 1 aliphatic rings. The molecule has 3 aromatic rings. The average Bonchev–Trinajstić information content (AvgIpc) is 3.32. The summed E-state index contributed by atoms with van der Waals surface area (Å²) in [5.41, 5.74) is 1.87. The predicted octanol–water partition coefficient (Wildman–Crippen LogP) is 3.77. The molecule has 27 heavy (non-hydrogen) atoms. The van der Waals surface area contributed by atoms with Crippen LogP contribution >= 0.6 is 22.9 Å². The van der Waals surface area contributed by atoms with E-state index in [2.05, 4.69) is 10.3 Å². The van der Waals surface area contributed by atoms with Crippen LogP contribution in [0.1, 0.15) is 26.7 Å². The number of rotatable bonds is 4. The topological polar surface area (TPSA) is 75.4 Å². The van der Waals surface area contributed by atoms with Gasteiger partial charge in [0.05, 0.1) is 24.9 Å². The number of benzene rings is 1. The number of aromatic nitrogens is 1. The Morgan fingerprint density at radius 1 is 1.26 bits per heavy atom. The van der Waals surface area contributed by atoms with Gasteiger partial charge in [0.15, 0.2) is 10.9 Å². The number of carbonyl (C=O) groups excluding carboxylic acids is 2. The molecule has 0 saturated carbocycles. The number of hydrogen-bond donors (Lipinski definition) is 1. The van der Waals surface area contributed by atoms with Crippen molar-refractivity contribution in [2.24, 2.45) is 0 Å². The van der Waals surface area contributed by atoms with Gasteiger partial charge in [-0.05, 0) is 29.8 Å². The van der Waals surface area contributed by atoms with Crippen molar-refractivity contribution < 1.29 is 14.0 Å². The number of carbonyl (C=O) groups is 2. The van der Waals surface area contributed by atoms with E-state index in [1.54, 1.807) is 24.3 Å². The molecule has 1 aromatic carbocycles. The van der Waals surface area contributed by atoms with Crippen LogP contribution in [0.5, 0.6) is 0 Å². The van der Waals surface area contributed by atoms with Crippen molar-refractivity contribution in [1.29, 1.82) is 0 Å². The summed E-state index contributed by atoms with van der Waals surface area (Å²) in [6.07, 6.45) is 2.47. The standard InChI is InChI=1S/C19H16ClN3O3S/c20-13-5-3-12(4-6-13)10-17(24)23-8-7-14-16(11-23)27-19(21-14)22-18(25)15-2-1-9-26-15/h1-6,9H,7-8,10-11H2,(H,21,22,25). The maximum absolute atomic E-state index is 12.6. The van der Waals surface area contributed by atoms with E-state index in [-0.39, 0.29) is 17.6 Å². The zero-order chi connectivity index (χ0) is 18.8. The van der Waals surface area contributed by atoms with Crippen molar-refractivity contribution in [3.63, 3.8) is 0 Å². The summed E-state index contributed by atoms with van der Waals surface area (Å²) in [6.45, 7) is 1.13. The molecule has 2 amide bonds. The number of anilines is 1. The van der Waals surface area contributed by atoms with Crippen molar-refractivity contribution >= 4 is 39.9 Å². The lowest BCUT2D eigenvalue weighted by Crippen LogP contribution is -2.36. The summed E-state index contributed by atoms with van der Waals surface area (Å²) in [5, 5.41) is 3.93. The highest BCUT2D eigenvalue weighted by Crippen LogP contribution is 2.29. The van der Waals surface area contributed by atoms with Crippen LogP contribution in [-0.4, -0.2) is 28.2 Å². The molecule has 0 fully saturated rings. The summed E-state index contributed by atoms with van der Waals surface area (Å²) in [5.74, 6) is -0.0257. The van der Waals surface area contributed by atoms with Gasteiger partial charge in [0, 0.05) is 22.9 Å². The van der Waals surface area contributed by atoms with Crippen molar-refractivity contribution in [1.82, 2.24) is 9.88 Å². The first-order chi connectivity index (χ1) is 13.1. The first kappa shape index (κ1) is 17.8. The van der Waals surface area contributed by atoms with Crippen LogP contribution in [0.3, 0.4) is 0 Å². The van der Waals surface area contributed by atoms with Gasteiger partial charge in [0.1, 0.15) is 0 Å². The SMILES string of the molecule is O=C(Nc1nc2c(s1)CN(C(=O)Cc1ccc(Cl)cc1)CC2)c1ccco1. The Kier molecular flexibility index (Phi) is 4.96. The van der Waals surface area contributed by atoms with Crippen LogP contribution in [0.2, 0.25) is 5.02 Å². The Morgan fingerprint density at radius 3 is 2.81 bits per heavy atom. The highest BCUT2D eigenvalue weighted by atomic mass is 35.5. The third-order valence-corrected chi connectivity index (χ3v) is 5.57. The minimum absolute atomic E-state index is 0.0672. The number of fused-ring (bicyclic) bond motifs is 1. The van der Waals surface area contributed by atoms with Crippen molar-refractivity contribution in [3.8, 4) is 0 Å². The van der Waals surface area contributed by atoms with E-state index in [0.29, 0.717) is 36.1 Å². The molecule has 0 bridgehead atoms. The van der Waals surface area contributed by atoms with E-state index < -0.39 is 0 Å². The molecule has 8 heteroatoms. The zero-order valence-corrected chi connectivity index (χ0v) is 15.8. The second kappa shape index (κ2) is 7.54. The molecule has 0 radical (unpaired) electrons. The van der Waals surface area contributed by atoms with Gasteiger partial charge in [-0.15, -0.1) is 0 Å². The Balaban J connectivity index is 1.40. The van der Waals surface area contributed by atoms with Gasteiger partial charge in [0.2, 0.25) is 5.91 Å². The van der Waals surface area contributed by atoms with Crippen molar-refractivity contribution in [2.45, 2.75) is 19.4 Å². The molecule has 4 rings (SSSR count). The molecule has 138 valence electrons. The number of thiazole rings is 1. The number of nitrogens with one attached hydrogen (secondary N) is 1. The van der Waals surface area contributed by atoms with Gasteiger partial charge in [0.25, 0.3) is 5.91 Å². The first-order valence-electron chi connectivity index (χ1n) is 8.44. The molecule has 3 heterocycles. The predicted molar refractivity (Wildman–Crippen MR) is 103 cm³/mol. The van der Waals surface area contributed by atoms with Crippen LogP contribution in [0.25, 0.3) is 0 Å². The van der Waals surface area contributed by atoms with Crippen LogP contribution in [0, 0.1) is 0 Å². The Bertz CT molecular complexity index is 967. The average molecular weight is 402 g/mol. The van der Waals surface area contributed by atoms with Crippen LogP contribution in [0.15, 0.2) is 47.1 Å². The van der Waals surface area contributed by atoms with Gasteiger partial charge < -0.3 is 9.32 Å². The molecular weight excluding hydrogens is 386 g/mol. The molecule has 0 atom stereocenters. The third-order valence-electron chi connectivity index (χ3n) is 4.32. The maximum Gasteiger partial charge on any atom is 0.293 e. The molecular formula is C19H16ClN3O3S.